The summed E-state index contributed by atoms with van der Waals surface area (Å²) in [4.78, 5) is 12.5. The minimum Gasteiger partial charge on any atom is -0.497 e. The fourth-order valence-corrected chi connectivity index (χ4v) is 3.84. The first-order valence-corrected chi connectivity index (χ1v) is 9.15. The number of methoxy groups -OCH3 is 1. The van der Waals surface area contributed by atoms with Crippen LogP contribution in [0.5, 0.6) is 5.75 Å². The highest BCUT2D eigenvalue weighted by molar-refractivity contribution is 7.90. The Labute approximate surface area is 149 Å². The van der Waals surface area contributed by atoms with Gasteiger partial charge in [0, 0.05) is 17.4 Å². The van der Waals surface area contributed by atoms with Crippen LogP contribution in [0.25, 0.3) is 0 Å². The first-order valence-electron chi connectivity index (χ1n) is 7.33. The van der Waals surface area contributed by atoms with Crippen molar-refractivity contribution < 1.29 is 13.2 Å². The molecule has 1 heterocycles. The summed E-state index contributed by atoms with van der Waals surface area (Å²) >= 11 is 5.93. The first kappa shape index (κ1) is 17.3. The van der Waals surface area contributed by atoms with E-state index in [0.717, 1.165) is 9.54 Å². The lowest BCUT2D eigenvalue weighted by Crippen LogP contribution is -2.29. The van der Waals surface area contributed by atoms with Crippen LogP contribution >= 0.6 is 11.6 Å². The smallest absolute Gasteiger partial charge is 0.342 e. The molecule has 25 heavy (non-hydrogen) atoms. The van der Waals surface area contributed by atoms with Crippen molar-refractivity contribution in [3.8, 4) is 5.75 Å². The molecule has 3 rings (SSSR count). The van der Waals surface area contributed by atoms with Crippen LogP contribution in [-0.4, -0.2) is 24.1 Å². The van der Waals surface area contributed by atoms with Crippen molar-refractivity contribution in [2.75, 3.05) is 7.11 Å². The van der Waals surface area contributed by atoms with Crippen molar-refractivity contribution in [1.82, 2.24) is 8.54 Å². The van der Waals surface area contributed by atoms with Crippen LogP contribution in [-0.2, 0) is 16.6 Å². The number of ether oxygens (including phenoxy) is 1. The molecule has 0 unspecified atom stereocenters. The largest absolute Gasteiger partial charge is 0.497 e. The minimum absolute atomic E-state index is 0.0101. The van der Waals surface area contributed by atoms with E-state index in [1.165, 1.54) is 48.3 Å². The molecule has 0 atom stereocenters. The van der Waals surface area contributed by atoms with Gasteiger partial charge < -0.3 is 4.74 Å². The molecule has 2 aromatic carbocycles. The molecule has 0 bridgehead atoms. The molecule has 0 fully saturated rings. The van der Waals surface area contributed by atoms with E-state index in [2.05, 4.69) is 0 Å². The minimum atomic E-state index is -3.97. The van der Waals surface area contributed by atoms with Gasteiger partial charge in [-0.25, -0.2) is 13.2 Å². The Balaban J connectivity index is 1.95. The standard InChI is InChI=1S/C17H15ClN2O4S/c1-24-15-5-7-16(8-6-15)25(22,23)20-10-9-19(17(20)21)12-13-3-2-4-14(18)11-13/h2-11H,12H2,1H3. The fourth-order valence-electron chi connectivity index (χ4n) is 2.39. The lowest BCUT2D eigenvalue weighted by atomic mass is 10.2. The molecular weight excluding hydrogens is 364 g/mol. The van der Waals surface area contributed by atoms with Crippen LogP contribution in [0.1, 0.15) is 5.56 Å². The first-order chi connectivity index (χ1) is 11.9. The molecule has 0 saturated carbocycles. The second kappa shape index (κ2) is 6.78. The number of benzene rings is 2. The molecular formula is C17H15ClN2O4S. The zero-order chi connectivity index (χ0) is 18.0. The maximum absolute atomic E-state index is 12.7. The number of hydrogen-bond donors (Lipinski definition) is 0. The van der Waals surface area contributed by atoms with E-state index in [1.54, 1.807) is 18.2 Å². The van der Waals surface area contributed by atoms with E-state index in [4.69, 9.17) is 16.3 Å². The van der Waals surface area contributed by atoms with Gasteiger partial charge in [-0.3, -0.25) is 4.57 Å². The quantitative estimate of drug-likeness (QED) is 0.684. The van der Waals surface area contributed by atoms with Crippen LogP contribution in [0.15, 0.2) is 70.6 Å². The molecule has 3 aromatic rings. The van der Waals surface area contributed by atoms with Gasteiger partial charge in [0.05, 0.1) is 18.6 Å². The van der Waals surface area contributed by atoms with Gasteiger partial charge in [-0.1, -0.05) is 23.7 Å². The van der Waals surface area contributed by atoms with Crippen molar-refractivity contribution in [3.63, 3.8) is 0 Å². The molecule has 0 aliphatic rings. The van der Waals surface area contributed by atoms with Gasteiger partial charge in [-0.05, 0) is 42.0 Å². The third-order valence-corrected chi connectivity index (χ3v) is 5.57. The highest BCUT2D eigenvalue weighted by Crippen LogP contribution is 2.17. The predicted molar refractivity (Wildman–Crippen MR) is 94.8 cm³/mol. The van der Waals surface area contributed by atoms with Gasteiger partial charge in [-0.15, -0.1) is 0 Å². The van der Waals surface area contributed by atoms with Crippen LogP contribution in [0.2, 0.25) is 5.02 Å². The molecule has 6 nitrogen and oxygen atoms in total. The summed E-state index contributed by atoms with van der Waals surface area (Å²) in [6.45, 7) is 0.227. The van der Waals surface area contributed by atoms with Gasteiger partial charge in [0.15, 0.2) is 0 Å². The maximum atomic E-state index is 12.7. The highest BCUT2D eigenvalue weighted by atomic mass is 35.5. The number of halogens is 1. The topological polar surface area (TPSA) is 70.3 Å². The molecule has 0 radical (unpaired) electrons. The highest BCUT2D eigenvalue weighted by Gasteiger charge is 2.20. The van der Waals surface area contributed by atoms with Gasteiger partial charge in [0.2, 0.25) is 0 Å². The molecule has 0 amide bonds. The average molecular weight is 379 g/mol. The van der Waals surface area contributed by atoms with E-state index < -0.39 is 15.7 Å². The summed E-state index contributed by atoms with van der Waals surface area (Å²) in [7, 11) is -2.48. The molecule has 0 spiro atoms. The summed E-state index contributed by atoms with van der Waals surface area (Å²) in [6, 6.07) is 12.9. The Morgan fingerprint density at radius 1 is 1.08 bits per heavy atom. The van der Waals surface area contributed by atoms with E-state index in [1.807, 2.05) is 6.07 Å². The second-order valence-corrected chi connectivity index (χ2v) is 7.57. The molecule has 0 saturated heterocycles. The number of nitrogens with zero attached hydrogens (tertiary/aromatic N) is 2. The zero-order valence-electron chi connectivity index (χ0n) is 13.3. The van der Waals surface area contributed by atoms with Crippen LogP contribution in [0, 0.1) is 0 Å². The summed E-state index contributed by atoms with van der Waals surface area (Å²) in [5.41, 5.74) is 0.157. The number of imidazole rings is 1. The van der Waals surface area contributed by atoms with Gasteiger partial charge in [-0.2, -0.15) is 3.97 Å². The Kier molecular flexibility index (Phi) is 4.69. The molecule has 0 aliphatic heterocycles. The van der Waals surface area contributed by atoms with Crippen molar-refractivity contribution in [1.29, 1.82) is 0 Å². The SMILES string of the molecule is COc1ccc(S(=O)(=O)n2ccn(Cc3cccc(Cl)c3)c2=O)cc1. The van der Waals surface area contributed by atoms with Crippen molar-refractivity contribution in [2.45, 2.75) is 11.4 Å². The number of aromatic nitrogens is 2. The summed E-state index contributed by atoms with van der Waals surface area (Å²) in [5, 5.41) is 0.552. The normalized spacial score (nSPS) is 11.4. The van der Waals surface area contributed by atoms with Gasteiger partial charge >= 0.3 is 5.69 Å². The van der Waals surface area contributed by atoms with E-state index in [0.29, 0.717) is 10.8 Å². The van der Waals surface area contributed by atoms with Crippen molar-refractivity contribution in [3.05, 3.63) is 82.0 Å². The van der Waals surface area contributed by atoms with Gasteiger partial charge in [0.1, 0.15) is 5.75 Å². The van der Waals surface area contributed by atoms with E-state index in [9.17, 15) is 13.2 Å². The van der Waals surface area contributed by atoms with E-state index >= 15 is 0 Å². The predicted octanol–water partition coefficient (Wildman–Crippen LogP) is 2.60. The Bertz CT molecular complexity index is 1050. The van der Waals surface area contributed by atoms with Crippen molar-refractivity contribution >= 4 is 21.6 Å². The average Bonchev–Trinajstić information content (AvgIpc) is 2.96. The molecule has 0 N–H and O–H groups in total. The third-order valence-electron chi connectivity index (χ3n) is 3.67. The van der Waals surface area contributed by atoms with Gasteiger partial charge in [0.25, 0.3) is 10.0 Å². The fraction of sp³-hybridized carbons (Fsp3) is 0.118. The van der Waals surface area contributed by atoms with Crippen molar-refractivity contribution in [2.24, 2.45) is 0 Å². The summed E-state index contributed by atoms with van der Waals surface area (Å²) < 4.78 is 32.4. The molecule has 1 aromatic heterocycles. The second-order valence-electron chi connectivity index (χ2n) is 5.31. The Morgan fingerprint density at radius 2 is 1.80 bits per heavy atom. The van der Waals surface area contributed by atoms with Crippen LogP contribution in [0.4, 0.5) is 0 Å². The molecule has 0 aliphatic carbocycles. The van der Waals surface area contributed by atoms with Crippen LogP contribution in [0.3, 0.4) is 0 Å². The lowest BCUT2D eigenvalue weighted by molar-refractivity contribution is 0.414. The monoisotopic (exact) mass is 378 g/mol. The van der Waals surface area contributed by atoms with E-state index in [-0.39, 0.29) is 11.4 Å². The molecule has 8 heteroatoms. The lowest BCUT2D eigenvalue weighted by Gasteiger charge is -2.06. The number of hydrogen-bond acceptors (Lipinski definition) is 4. The third kappa shape index (κ3) is 3.47. The van der Waals surface area contributed by atoms with Crippen LogP contribution < -0.4 is 10.4 Å². The summed E-state index contributed by atoms with van der Waals surface area (Å²) in [5.74, 6) is 0.532. The molecule has 130 valence electrons. The maximum Gasteiger partial charge on any atom is 0.342 e. The zero-order valence-corrected chi connectivity index (χ0v) is 14.9. The summed E-state index contributed by atoms with van der Waals surface area (Å²) in [6.07, 6.45) is 2.68. The Hall–Kier alpha value is -2.51. The Morgan fingerprint density at radius 3 is 2.44 bits per heavy atom. The number of rotatable bonds is 5.